The average Bonchev–Trinajstić information content (AvgIpc) is 2.77. The van der Waals surface area contributed by atoms with E-state index in [1.54, 1.807) is 24.3 Å². The highest BCUT2D eigenvalue weighted by Crippen LogP contribution is 2.27. The van der Waals surface area contributed by atoms with Gasteiger partial charge in [0.25, 0.3) is 0 Å². The van der Waals surface area contributed by atoms with Gasteiger partial charge >= 0.3 is 6.09 Å². The van der Waals surface area contributed by atoms with Crippen molar-refractivity contribution < 1.29 is 18.7 Å². The zero-order chi connectivity index (χ0) is 22.9. The summed E-state index contributed by atoms with van der Waals surface area (Å²) in [5.74, 6) is -0.307. The smallest absolute Gasteiger partial charge is 0.407 e. The van der Waals surface area contributed by atoms with Gasteiger partial charge in [0, 0.05) is 29.7 Å². The lowest BCUT2D eigenvalue weighted by atomic mass is 10.2. The molecule has 0 spiro atoms. The molecule has 0 bridgehead atoms. The van der Waals surface area contributed by atoms with Gasteiger partial charge in [0.1, 0.15) is 18.0 Å². The molecular formula is C22H23ClFN5O3. The summed E-state index contributed by atoms with van der Waals surface area (Å²) in [6, 6.07) is 9.45. The number of anilines is 3. The van der Waals surface area contributed by atoms with E-state index < -0.39 is 11.9 Å². The Morgan fingerprint density at radius 3 is 2.72 bits per heavy atom. The van der Waals surface area contributed by atoms with Gasteiger partial charge in [0.2, 0.25) is 5.91 Å². The SMILES string of the molecule is CCCCOC(=O)NCCC(=O)Nc1ccc2ncnc(Nc3ccc(F)c(Cl)c3)c2c1. The van der Waals surface area contributed by atoms with Crippen LogP contribution in [0.1, 0.15) is 26.2 Å². The number of carbonyl (C=O) groups excluding carboxylic acids is 2. The normalized spacial score (nSPS) is 10.6. The standard InChI is InChI=1S/C22H23ClFN5O3/c1-2-3-10-32-22(31)25-9-8-20(30)28-14-5-7-19-16(11-14)21(27-13-26-19)29-15-4-6-18(24)17(23)12-15/h4-7,11-13H,2-3,8-10H2,1H3,(H,25,31)(H,28,30)(H,26,27,29). The van der Waals surface area contributed by atoms with Crippen LogP contribution in [-0.4, -0.2) is 35.1 Å². The molecule has 168 valence electrons. The maximum absolute atomic E-state index is 13.4. The van der Waals surface area contributed by atoms with Crippen LogP contribution in [0.3, 0.4) is 0 Å². The van der Waals surface area contributed by atoms with Crippen molar-refractivity contribution >= 4 is 51.7 Å². The van der Waals surface area contributed by atoms with Gasteiger partial charge in [0.05, 0.1) is 17.1 Å². The number of halogens is 2. The van der Waals surface area contributed by atoms with E-state index in [4.69, 9.17) is 16.3 Å². The first-order valence-electron chi connectivity index (χ1n) is 10.1. The van der Waals surface area contributed by atoms with Crippen LogP contribution in [0.25, 0.3) is 10.9 Å². The summed E-state index contributed by atoms with van der Waals surface area (Å²) in [6.45, 7) is 2.52. The Morgan fingerprint density at radius 1 is 1.12 bits per heavy atom. The molecule has 1 heterocycles. The number of rotatable bonds is 9. The van der Waals surface area contributed by atoms with Gasteiger partial charge in [0.15, 0.2) is 0 Å². The number of alkyl carbamates (subject to hydrolysis) is 1. The molecule has 0 saturated heterocycles. The number of ether oxygens (including phenoxy) is 1. The van der Waals surface area contributed by atoms with Crippen molar-refractivity contribution in [3.05, 3.63) is 53.6 Å². The number of benzene rings is 2. The first-order chi connectivity index (χ1) is 15.5. The minimum Gasteiger partial charge on any atom is -0.450 e. The van der Waals surface area contributed by atoms with Gasteiger partial charge in [-0.25, -0.2) is 19.2 Å². The fourth-order valence-electron chi connectivity index (χ4n) is 2.81. The summed E-state index contributed by atoms with van der Waals surface area (Å²) in [7, 11) is 0. The quantitative estimate of drug-likeness (QED) is 0.388. The molecule has 10 heteroatoms. The second-order valence-corrected chi connectivity index (χ2v) is 7.33. The average molecular weight is 460 g/mol. The number of amides is 2. The number of unbranched alkanes of at least 4 members (excludes halogenated alkanes) is 1. The molecule has 3 N–H and O–H groups in total. The van der Waals surface area contributed by atoms with Crippen LogP contribution in [0, 0.1) is 5.82 Å². The van der Waals surface area contributed by atoms with Gasteiger partial charge in [-0.1, -0.05) is 24.9 Å². The van der Waals surface area contributed by atoms with E-state index in [-0.39, 0.29) is 23.9 Å². The molecule has 0 aliphatic carbocycles. The minimum atomic E-state index is -0.536. The maximum atomic E-state index is 13.4. The van der Waals surface area contributed by atoms with E-state index in [1.165, 1.54) is 18.5 Å². The number of hydrogen-bond donors (Lipinski definition) is 3. The largest absolute Gasteiger partial charge is 0.450 e. The molecule has 3 aromatic rings. The predicted octanol–water partition coefficient (Wildman–Crippen LogP) is 5.02. The molecule has 1 aromatic heterocycles. The monoisotopic (exact) mass is 459 g/mol. The first kappa shape index (κ1) is 23.2. The van der Waals surface area contributed by atoms with Crippen molar-refractivity contribution in [2.24, 2.45) is 0 Å². The highest BCUT2D eigenvalue weighted by atomic mass is 35.5. The van der Waals surface area contributed by atoms with Crippen LogP contribution in [0.4, 0.5) is 26.4 Å². The summed E-state index contributed by atoms with van der Waals surface area (Å²) in [5.41, 5.74) is 1.76. The van der Waals surface area contributed by atoms with Crippen molar-refractivity contribution in [3.8, 4) is 0 Å². The van der Waals surface area contributed by atoms with E-state index in [0.717, 1.165) is 12.8 Å². The van der Waals surface area contributed by atoms with Gasteiger partial charge in [-0.3, -0.25) is 4.79 Å². The van der Waals surface area contributed by atoms with Crippen molar-refractivity contribution in [3.63, 3.8) is 0 Å². The molecule has 0 fully saturated rings. The third-order valence-electron chi connectivity index (χ3n) is 4.45. The molecule has 0 atom stereocenters. The van der Waals surface area contributed by atoms with Crippen molar-refractivity contribution in [1.82, 2.24) is 15.3 Å². The molecule has 0 unspecified atom stereocenters. The predicted molar refractivity (Wildman–Crippen MR) is 122 cm³/mol. The number of hydrogen-bond acceptors (Lipinski definition) is 6. The summed E-state index contributed by atoms with van der Waals surface area (Å²) >= 11 is 5.84. The number of aromatic nitrogens is 2. The molecule has 3 rings (SSSR count). The lowest BCUT2D eigenvalue weighted by molar-refractivity contribution is -0.116. The van der Waals surface area contributed by atoms with Crippen LogP contribution < -0.4 is 16.0 Å². The van der Waals surface area contributed by atoms with Gasteiger partial charge in [-0.15, -0.1) is 0 Å². The third-order valence-corrected chi connectivity index (χ3v) is 4.74. The summed E-state index contributed by atoms with van der Waals surface area (Å²) in [5, 5.41) is 9.06. The lowest BCUT2D eigenvalue weighted by Crippen LogP contribution is -2.28. The second kappa shape index (κ2) is 11.2. The molecule has 32 heavy (non-hydrogen) atoms. The fourth-order valence-corrected chi connectivity index (χ4v) is 2.99. The summed E-state index contributed by atoms with van der Waals surface area (Å²) in [6.07, 6.45) is 2.68. The van der Waals surface area contributed by atoms with Crippen LogP contribution in [0.2, 0.25) is 5.02 Å². The van der Waals surface area contributed by atoms with Crippen molar-refractivity contribution in [2.45, 2.75) is 26.2 Å². The van der Waals surface area contributed by atoms with Crippen molar-refractivity contribution in [2.75, 3.05) is 23.8 Å². The Kier molecular flexibility index (Phi) is 8.15. The Balaban J connectivity index is 1.63. The summed E-state index contributed by atoms with van der Waals surface area (Å²) in [4.78, 5) is 32.2. The number of fused-ring (bicyclic) bond motifs is 1. The zero-order valence-electron chi connectivity index (χ0n) is 17.5. The van der Waals surface area contributed by atoms with E-state index >= 15 is 0 Å². The maximum Gasteiger partial charge on any atom is 0.407 e. The molecule has 0 aliphatic rings. The molecule has 8 nitrogen and oxygen atoms in total. The third kappa shape index (κ3) is 6.52. The van der Waals surface area contributed by atoms with Crippen LogP contribution >= 0.6 is 11.6 Å². The molecule has 0 aliphatic heterocycles. The molecule has 0 radical (unpaired) electrons. The number of nitrogens with one attached hydrogen (secondary N) is 3. The molecule has 2 amide bonds. The number of carbonyl (C=O) groups is 2. The lowest BCUT2D eigenvalue weighted by Gasteiger charge is -2.11. The Morgan fingerprint density at radius 2 is 1.94 bits per heavy atom. The van der Waals surface area contributed by atoms with Crippen LogP contribution in [0.15, 0.2) is 42.7 Å². The number of nitrogens with zero attached hydrogens (tertiary/aromatic N) is 2. The van der Waals surface area contributed by atoms with Crippen molar-refractivity contribution in [1.29, 1.82) is 0 Å². The minimum absolute atomic E-state index is 0.0100. The highest BCUT2D eigenvalue weighted by molar-refractivity contribution is 6.31. The second-order valence-electron chi connectivity index (χ2n) is 6.92. The Hall–Kier alpha value is -3.46. The van der Waals surface area contributed by atoms with Crippen LogP contribution in [-0.2, 0) is 9.53 Å². The van der Waals surface area contributed by atoms with E-state index in [0.29, 0.717) is 34.7 Å². The Labute approximate surface area is 189 Å². The first-order valence-corrected chi connectivity index (χ1v) is 10.5. The fraction of sp³-hybridized carbons (Fsp3) is 0.273. The van der Waals surface area contributed by atoms with Gasteiger partial charge < -0.3 is 20.7 Å². The van der Waals surface area contributed by atoms with E-state index in [9.17, 15) is 14.0 Å². The van der Waals surface area contributed by atoms with Gasteiger partial charge in [-0.05, 0) is 42.8 Å². The molecule has 2 aromatic carbocycles. The van der Waals surface area contributed by atoms with Crippen LogP contribution in [0.5, 0.6) is 0 Å². The highest BCUT2D eigenvalue weighted by Gasteiger charge is 2.10. The molecule has 0 saturated carbocycles. The van der Waals surface area contributed by atoms with Gasteiger partial charge in [-0.2, -0.15) is 0 Å². The van der Waals surface area contributed by atoms with E-state index in [2.05, 4.69) is 25.9 Å². The molecular weight excluding hydrogens is 437 g/mol. The Bertz CT molecular complexity index is 1110. The topological polar surface area (TPSA) is 105 Å². The van der Waals surface area contributed by atoms with E-state index in [1.807, 2.05) is 6.92 Å². The zero-order valence-corrected chi connectivity index (χ0v) is 18.2. The summed E-state index contributed by atoms with van der Waals surface area (Å²) < 4.78 is 18.4.